The number of nitrogens with two attached hydrogens (primary N) is 1. The van der Waals surface area contributed by atoms with Gasteiger partial charge in [-0.1, -0.05) is 26.0 Å². The highest BCUT2D eigenvalue weighted by Gasteiger charge is 2.32. The van der Waals surface area contributed by atoms with Crippen LogP contribution in [-0.2, 0) is 19.4 Å². The lowest BCUT2D eigenvalue weighted by atomic mass is 9.76. The van der Waals surface area contributed by atoms with Crippen LogP contribution in [0.5, 0.6) is 11.5 Å². The lowest BCUT2D eigenvalue weighted by Crippen LogP contribution is -2.22. The van der Waals surface area contributed by atoms with Crippen molar-refractivity contribution in [3.63, 3.8) is 0 Å². The fourth-order valence-corrected chi connectivity index (χ4v) is 5.27. The minimum Gasteiger partial charge on any atom is -0.478 e. The normalized spacial score (nSPS) is 14.9. The molecule has 0 aliphatic heterocycles. The van der Waals surface area contributed by atoms with Crippen molar-refractivity contribution in [2.24, 2.45) is 11.3 Å². The molecule has 5 nitrogen and oxygen atoms in total. The van der Waals surface area contributed by atoms with E-state index in [4.69, 9.17) is 10.6 Å². The van der Waals surface area contributed by atoms with E-state index in [0.717, 1.165) is 46.6 Å². The summed E-state index contributed by atoms with van der Waals surface area (Å²) in [5.74, 6) is 5.95. The molecule has 6 heteroatoms. The summed E-state index contributed by atoms with van der Waals surface area (Å²) in [5, 5.41) is 9.92. The van der Waals surface area contributed by atoms with E-state index >= 15 is 0 Å². The number of ether oxygens (including phenoxy) is 1. The number of thiophene rings is 1. The number of fused-ring (bicyclic) bond motifs is 1. The Morgan fingerprint density at radius 2 is 1.77 bits per heavy atom. The Balaban J connectivity index is 1.58. The Morgan fingerprint density at radius 3 is 2.37 bits per heavy atom. The Bertz CT molecular complexity index is 1050. The monoisotopic (exact) mass is 422 g/mol. The zero-order valence-corrected chi connectivity index (χ0v) is 18.0. The number of carboxylic acids is 1. The lowest BCUT2D eigenvalue weighted by Gasteiger charge is -2.29. The van der Waals surface area contributed by atoms with Crippen molar-refractivity contribution in [1.82, 2.24) is 5.43 Å². The maximum Gasteiger partial charge on any atom is 0.337 e. The minimum atomic E-state index is -0.840. The quantitative estimate of drug-likeness (QED) is 0.367. The molecular formula is C24H26N2O3S. The van der Waals surface area contributed by atoms with Crippen molar-refractivity contribution in [3.05, 3.63) is 70.1 Å². The second-order valence-electron chi connectivity index (χ2n) is 8.51. The number of aromatic carboxylic acids is 1. The van der Waals surface area contributed by atoms with Crippen LogP contribution in [0.15, 0.2) is 48.5 Å². The average Bonchev–Trinajstić information content (AvgIpc) is 3.08. The van der Waals surface area contributed by atoms with E-state index < -0.39 is 5.97 Å². The van der Waals surface area contributed by atoms with E-state index in [1.54, 1.807) is 11.3 Å². The summed E-state index contributed by atoms with van der Waals surface area (Å²) in [5.41, 5.74) is 6.26. The van der Waals surface area contributed by atoms with E-state index in [2.05, 4.69) is 19.3 Å². The number of carboxylic acid groups (broad SMARTS) is 1. The Labute approximate surface area is 180 Å². The Kier molecular flexibility index (Phi) is 5.64. The standard InChI is InChI=1S/C24H26N2O3S/c1-24(2)12-11-20-19(13-24)21(23(27)28)22(30-20)16-5-9-18(10-6-16)29-17-7-3-15(4-8-17)14-26-25/h3-10,26H,11-14,25H2,1-2H3,(H,27,28). The van der Waals surface area contributed by atoms with Gasteiger partial charge in [-0.3, -0.25) is 11.3 Å². The molecule has 4 N–H and O–H groups in total. The molecule has 0 spiro atoms. The molecule has 156 valence electrons. The molecule has 0 atom stereocenters. The van der Waals surface area contributed by atoms with Gasteiger partial charge in [0.2, 0.25) is 0 Å². The highest BCUT2D eigenvalue weighted by Crippen LogP contribution is 2.45. The third-order valence-corrected chi connectivity index (χ3v) is 6.91. The summed E-state index contributed by atoms with van der Waals surface area (Å²) in [6.07, 6.45) is 2.85. The molecule has 0 radical (unpaired) electrons. The highest BCUT2D eigenvalue weighted by molar-refractivity contribution is 7.16. The second kappa shape index (κ2) is 8.22. The molecule has 0 fully saturated rings. The third kappa shape index (κ3) is 4.26. The SMILES string of the molecule is CC1(C)CCc2sc(-c3ccc(Oc4ccc(CNN)cc4)cc3)c(C(=O)O)c2C1. The molecule has 1 aliphatic carbocycles. The van der Waals surface area contributed by atoms with Gasteiger partial charge in [0.15, 0.2) is 0 Å². The summed E-state index contributed by atoms with van der Waals surface area (Å²) >= 11 is 1.62. The number of hydrazine groups is 1. The summed E-state index contributed by atoms with van der Waals surface area (Å²) in [7, 11) is 0. The van der Waals surface area contributed by atoms with E-state index in [1.165, 1.54) is 4.88 Å². The Morgan fingerprint density at radius 1 is 1.13 bits per heavy atom. The van der Waals surface area contributed by atoms with Crippen LogP contribution >= 0.6 is 11.3 Å². The number of aryl methyl sites for hydroxylation is 1. The zero-order chi connectivity index (χ0) is 21.3. The van der Waals surface area contributed by atoms with Crippen molar-refractivity contribution < 1.29 is 14.6 Å². The second-order valence-corrected chi connectivity index (χ2v) is 9.61. The summed E-state index contributed by atoms with van der Waals surface area (Å²) in [6, 6.07) is 15.4. The predicted molar refractivity (Wildman–Crippen MR) is 120 cm³/mol. The number of benzene rings is 2. The fraction of sp³-hybridized carbons (Fsp3) is 0.292. The molecule has 1 aromatic heterocycles. The van der Waals surface area contributed by atoms with Gasteiger partial charge in [0.05, 0.1) is 5.56 Å². The molecule has 0 bridgehead atoms. The first-order valence-corrected chi connectivity index (χ1v) is 10.9. The maximum absolute atomic E-state index is 12.1. The number of rotatable bonds is 6. The third-order valence-electron chi connectivity index (χ3n) is 5.57. The van der Waals surface area contributed by atoms with Crippen LogP contribution in [0.4, 0.5) is 0 Å². The molecule has 0 unspecified atom stereocenters. The molecule has 30 heavy (non-hydrogen) atoms. The number of carbonyl (C=O) groups is 1. The van der Waals surface area contributed by atoms with Crippen LogP contribution < -0.4 is 16.0 Å². The van der Waals surface area contributed by atoms with Crippen LogP contribution in [-0.4, -0.2) is 11.1 Å². The van der Waals surface area contributed by atoms with Gasteiger partial charge in [-0.15, -0.1) is 11.3 Å². The highest BCUT2D eigenvalue weighted by atomic mass is 32.1. The number of nitrogens with one attached hydrogen (secondary N) is 1. The zero-order valence-electron chi connectivity index (χ0n) is 17.2. The lowest BCUT2D eigenvalue weighted by molar-refractivity contribution is 0.0696. The molecule has 1 aliphatic rings. The summed E-state index contributed by atoms with van der Waals surface area (Å²) < 4.78 is 5.92. The largest absolute Gasteiger partial charge is 0.478 e. The predicted octanol–water partition coefficient (Wildman–Crippen LogP) is 5.38. The van der Waals surface area contributed by atoms with Crippen LogP contribution in [0.2, 0.25) is 0 Å². The molecule has 1 heterocycles. The number of hydrogen-bond donors (Lipinski definition) is 3. The van der Waals surface area contributed by atoms with Crippen molar-refractivity contribution >= 4 is 17.3 Å². The molecule has 4 rings (SSSR count). The molecule has 0 amide bonds. The van der Waals surface area contributed by atoms with Gasteiger partial charge in [0.1, 0.15) is 11.5 Å². The first-order valence-electron chi connectivity index (χ1n) is 10.0. The average molecular weight is 423 g/mol. The van der Waals surface area contributed by atoms with Crippen molar-refractivity contribution in [2.75, 3.05) is 0 Å². The number of hydrogen-bond acceptors (Lipinski definition) is 5. The molecule has 0 saturated heterocycles. The molecule has 0 saturated carbocycles. The van der Waals surface area contributed by atoms with Gasteiger partial charge in [-0.25, -0.2) is 4.79 Å². The van der Waals surface area contributed by atoms with Crippen LogP contribution in [0.1, 0.15) is 46.6 Å². The molecule has 3 aromatic rings. The molecular weight excluding hydrogens is 396 g/mol. The van der Waals surface area contributed by atoms with Gasteiger partial charge in [0.25, 0.3) is 0 Å². The summed E-state index contributed by atoms with van der Waals surface area (Å²) in [4.78, 5) is 14.2. The molecule has 2 aromatic carbocycles. The van der Waals surface area contributed by atoms with Crippen molar-refractivity contribution in [1.29, 1.82) is 0 Å². The topological polar surface area (TPSA) is 84.6 Å². The van der Waals surface area contributed by atoms with Gasteiger partial charge in [-0.2, -0.15) is 0 Å². The van der Waals surface area contributed by atoms with Crippen LogP contribution in [0.3, 0.4) is 0 Å². The van der Waals surface area contributed by atoms with E-state index in [1.807, 2.05) is 48.5 Å². The van der Waals surface area contributed by atoms with E-state index in [0.29, 0.717) is 17.9 Å². The first-order chi connectivity index (χ1) is 14.4. The van der Waals surface area contributed by atoms with Crippen molar-refractivity contribution in [2.45, 2.75) is 39.7 Å². The minimum absolute atomic E-state index is 0.142. The van der Waals surface area contributed by atoms with Gasteiger partial charge in [-0.05, 0) is 77.8 Å². The first kappa shape index (κ1) is 20.6. The van der Waals surface area contributed by atoms with Gasteiger partial charge < -0.3 is 9.84 Å². The maximum atomic E-state index is 12.1. The van der Waals surface area contributed by atoms with Crippen LogP contribution in [0.25, 0.3) is 10.4 Å². The van der Waals surface area contributed by atoms with Crippen molar-refractivity contribution in [3.8, 4) is 21.9 Å². The fourth-order valence-electron chi connectivity index (χ4n) is 3.95. The van der Waals surface area contributed by atoms with Gasteiger partial charge in [0, 0.05) is 16.3 Å². The van der Waals surface area contributed by atoms with Gasteiger partial charge >= 0.3 is 5.97 Å². The smallest absolute Gasteiger partial charge is 0.337 e. The van der Waals surface area contributed by atoms with Crippen LogP contribution in [0, 0.1) is 5.41 Å². The Hall–Kier alpha value is -2.67. The van der Waals surface area contributed by atoms with E-state index in [9.17, 15) is 9.90 Å². The summed E-state index contributed by atoms with van der Waals surface area (Å²) in [6.45, 7) is 5.02. The van der Waals surface area contributed by atoms with E-state index in [-0.39, 0.29) is 5.41 Å².